The third kappa shape index (κ3) is 5.08. The van der Waals surface area contributed by atoms with Gasteiger partial charge in [-0.15, -0.1) is 11.3 Å². The van der Waals surface area contributed by atoms with E-state index in [0.717, 1.165) is 21.4 Å². The number of hydrogen-bond donors (Lipinski definition) is 2. The maximum Gasteiger partial charge on any atom is 0.348 e. The van der Waals surface area contributed by atoms with Crippen molar-refractivity contribution in [3.8, 4) is 0 Å². The number of aryl methyl sites for hydroxylation is 1. The SMILES string of the molecule is Cc1cc(NC(=O)COC(=O)c2ccc(NC(=O)c3ccco3)s2)ccc1Br. The van der Waals surface area contributed by atoms with Crippen molar-refractivity contribution in [2.24, 2.45) is 0 Å². The number of furan rings is 1. The summed E-state index contributed by atoms with van der Waals surface area (Å²) in [5.74, 6) is -1.35. The molecule has 0 saturated heterocycles. The zero-order valence-electron chi connectivity index (χ0n) is 14.7. The van der Waals surface area contributed by atoms with Crippen molar-refractivity contribution < 1.29 is 23.5 Å². The highest BCUT2D eigenvalue weighted by Crippen LogP contribution is 2.23. The van der Waals surface area contributed by atoms with E-state index in [1.54, 1.807) is 24.3 Å². The largest absolute Gasteiger partial charge is 0.459 e. The molecule has 3 rings (SSSR count). The van der Waals surface area contributed by atoms with Crippen LogP contribution in [-0.2, 0) is 9.53 Å². The molecule has 144 valence electrons. The summed E-state index contributed by atoms with van der Waals surface area (Å²) < 4.78 is 11.0. The standard InChI is InChI=1S/C19H15BrN2O5S/c1-11-9-12(4-5-13(11)20)21-16(23)10-27-19(25)15-6-7-17(28-15)22-18(24)14-3-2-8-26-14/h2-9H,10H2,1H3,(H,21,23)(H,22,24). The minimum atomic E-state index is -0.648. The topological polar surface area (TPSA) is 97.6 Å². The van der Waals surface area contributed by atoms with Gasteiger partial charge in [0.2, 0.25) is 0 Å². The Balaban J connectivity index is 1.50. The van der Waals surface area contributed by atoms with E-state index in [1.165, 1.54) is 18.4 Å². The number of amides is 2. The first kappa shape index (κ1) is 19.8. The molecule has 0 aliphatic rings. The molecule has 2 N–H and O–H groups in total. The van der Waals surface area contributed by atoms with Gasteiger partial charge in [-0.3, -0.25) is 9.59 Å². The average molecular weight is 463 g/mol. The van der Waals surface area contributed by atoms with Crippen molar-refractivity contribution in [1.82, 2.24) is 0 Å². The molecule has 2 aromatic heterocycles. The minimum absolute atomic E-state index is 0.164. The molecule has 0 aliphatic heterocycles. The zero-order chi connectivity index (χ0) is 20.1. The third-order valence-electron chi connectivity index (χ3n) is 3.56. The number of benzene rings is 1. The van der Waals surface area contributed by atoms with Crippen LogP contribution >= 0.6 is 27.3 Å². The van der Waals surface area contributed by atoms with Crippen LogP contribution in [0.15, 0.2) is 57.6 Å². The van der Waals surface area contributed by atoms with Gasteiger partial charge in [0.1, 0.15) is 4.88 Å². The van der Waals surface area contributed by atoms with E-state index >= 15 is 0 Å². The number of rotatable bonds is 6. The lowest BCUT2D eigenvalue weighted by atomic mass is 10.2. The zero-order valence-corrected chi connectivity index (χ0v) is 17.1. The Bertz CT molecular complexity index is 1010. The quantitative estimate of drug-likeness (QED) is 0.526. The Morgan fingerprint density at radius 2 is 1.96 bits per heavy atom. The van der Waals surface area contributed by atoms with Gasteiger partial charge in [-0.2, -0.15) is 0 Å². The van der Waals surface area contributed by atoms with Gasteiger partial charge in [0.15, 0.2) is 12.4 Å². The van der Waals surface area contributed by atoms with E-state index in [2.05, 4.69) is 26.6 Å². The highest BCUT2D eigenvalue weighted by atomic mass is 79.9. The number of ether oxygens (including phenoxy) is 1. The molecule has 2 amide bonds. The minimum Gasteiger partial charge on any atom is -0.459 e. The van der Waals surface area contributed by atoms with Crippen molar-refractivity contribution in [2.45, 2.75) is 6.92 Å². The highest BCUT2D eigenvalue weighted by molar-refractivity contribution is 9.10. The summed E-state index contributed by atoms with van der Waals surface area (Å²) >= 11 is 4.43. The van der Waals surface area contributed by atoms with Crippen LogP contribution < -0.4 is 10.6 Å². The van der Waals surface area contributed by atoms with Gasteiger partial charge in [0.05, 0.1) is 11.3 Å². The van der Waals surface area contributed by atoms with Crippen LogP contribution in [0.1, 0.15) is 25.8 Å². The predicted molar refractivity (Wildman–Crippen MR) is 109 cm³/mol. The number of hydrogen-bond acceptors (Lipinski definition) is 6. The molecule has 0 spiro atoms. The van der Waals surface area contributed by atoms with Crippen LogP contribution in [-0.4, -0.2) is 24.4 Å². The second-order valence-electron chi connectivity index (χ2n) is 5.68. The third-order valence-corrected chi connectivity index (χ3v) is 5.44. The summed E-state index contributed by atoms with van der Waals surface area (Å²) in [5.41, 5.74) is 1.58. The fourth-order valence-corrected chi connectivity index (χ4v) is 3.26. The molecule has 9 heteroatoms. The van der Waals surface area contributed by atoms with Gasteiger partial charge < -0.3 is 19.8 Å². The van der Waals surface area contributed by atoms with Crippen LogP contribution in [0.25, 0.3) is 0 Å². The van der Waals surface area contributed by atoms with Crippen molar-refractivity contribution >= 4 is 55.7 Å². The summed E-state index contributed by atoms with van der Waals surface area (Å²) in [6.45, 7) is 1.48. The number of nitrogens with one attached hydrogen (secondary N) is 2. The highest BCUT2D eigenvalue weighted by Gasteiger charge is 2.15. The smallest absolute Gasteiger partial charge is 0.348 e. The molecular formula is C19H15BrN2O5S. The van der Waals surface area contributed by atoms with E-state index in [4.69, 9.17) is 9.15 Å². The van der Waals surface area contributed by atoms with Gasteiger partial charge >= 0.3 is 5.97 Å². The molecule has 0 fully saturated rings. The van der Waals surface area contributed by atoms with E-state index in [1.807, 2.05) is 13.0 Å². The molecule has 1 aromatic carbocycles. The maximum atomic E-state index is 12.1. The number of halogens is 1. The van der Waals surface area contributed by atoms with Crippen LogP contribution in [0, 0.1) is 6.92 Å². The number of esters is 1. The van der Waals surface area contributed by atoms with Crippen molar-refractivity contribution in [1.29, 1.82) is 0 Å². The van der Waals surface area contributed by atoms with Crippen LogP contribution in [0.2, 0.25) is 0 Å². The van der Waals surface area contributed by atoms with Gasteiger partial charge in [0, 0.05) is 10.2 Å². The number of thiophene rings is 1. The van der Waals surface area contributed by atoms with Gasteiger partial charge in [-0.25, -0.2) is 4.79 Å². The molecule has 0 unspecified atom stereocenters. The first-order valence-corrected chi connectivity index (χ1v) is 9.71. The van der Waals surface area contributed by atoms with Crippen LogP contribution in [0.5, 0.6) is 0 Å². The van der Waals surface area contributed by atoms with Gasteiger partial charge in [-0.1, -0.05) is 15.9 Å². The Kier molecular flexibility index (Phi) is 6.27. The first-order valence-electron chi connectivity index (χ1n) is 8.10. The molecule has 0 radical (unpaired) electrons. The van der Waals surface area contributed by atoms with E-state index in [9.17, 15) is 14.4 Å². The Morgan fingerprint density at radius 3 is 2.68 bits per heavy atom. The fourth-order valence-electron chi connectivity index (χ4n) is 2.22. The molecule has 0 atom stereocenters. The second-order valence-corrected chi connectivity index (χ2v) is 7.62. The Morgan fingerprint density at radius 1 is 1.14 bits per heavy atom. The molecule has 28 heavy (non-hydrogen) atoms. The Hall–Kier alpha value is -2.91. The number of carbonyl (C=O) groups excluding carboxylic acids is 3. The molecular weight excluding hydrogens is 448 g/mol. The molecule has 0 aliphatic carbocycles. The lowest BCUT2D eigenvalue weighted by Crippen LogP contribution is -2.20. The molecule has 7 nitrogen and oxygen atoms in total. The lowest BCUT2D eigenvalue weighted by Gasteiger charge is -2.07. The van der Waals surface area contributed by atoms with E-state index in [-0.39, 0.29) is 10.6 Å². The van der Waals surface area contributed by atoms with Gasteiger partial charge in [-0.05, 0) is 55.0 Å². The van der Waals surface area contributed by atoms with Crippen molar-refractivity contribution in [2.75, 3.05) is 17.2 Å². The molecule has 0 saturated carbocycles. The molecule has 0 bridgehead atoms. The van der Waals surface area contributed by atoms with E-state index < -0.39 is 24.4 Å². The summed E-state index contributed by atoms with van der Waals surface area (Å²) in [4.78, 5) is 36.2. The predicted octanol–water partition coefficient (Wildman–Crippen LogP) is 4.46. The average Bonchev–Trinajstić information content (AvgIpc) is 3.35. The van der Waals surface area contributed by atoms with Crippen molar-refractivity contribution in [3.05, 3.63) is 69.4 Å². The maximum absolute atomic E-state index is 12.1. The summed E-state index contributed by atoms with van der Waals surface area (Å²) in [6, 6.07) is 11.6. The molecule has 2 heterocycles. The number of anilines is 2. The summed E-state index contributed by atoms with van der Waals surface area (Å²) in [7, 11) is 0. The Labute approximate surface area is 172 Å². The van der Waals surface area contributed by atoms with Crippen LogP contribution in [0.4, 0.5) is 10.7 Å². The summed E-state index contributed by atoms with van der Waals surface area (Å²) in [6.07, 6.45) is 1.40. The monoisotopic (exact) mass is 462 g/mol. The van der Waals surface area contributed by atoms with Gasteiger partial charge in [0.25, 0.3) is 11.8 Å². The number of carbonyl (C=O) groups is 3. The normalized spacial score (nSPS) is 10.4. The summed E-state index contributed by atoms with van der Waals surface area (Å²) in [5, 5.41) is 5.75. The van der Waals surface area contributed by atoms with Crippen molar-refractivity contribution in [3.63, 3.8) is 0 Å². The lowest BCUT2D eigenvalue weighted by molar-refractivity contribution is -0.119. The second kappa shape index (κ2) is 8.85. The van der Waals surface area contributed by atoms with Crippen LogP contribution in [0.3, 0.4) is 0 Å². The first-order chi connectivity index (χ1) is 13.4. The molecule has 3 aromatic rings. The fraction of sp³-hybridized carbons (Fsp3) is 0.105. The van der Waals surface area contributed by atoms with E-state index in [0.29, 0.717) is 10.7 Å².